The topological polar surface area (TPSA) is 69.2 Å². The molecule has 0 amide bonds. The fourth-order valence-electron chi connectivity index (χ4n) is 0.330. The molecule has 1 N–H and O–H groups in total. The van der Waals surface area contributed by atoms with Crippen molar-refractivity contribution in [1.82, 2.24) is 4.72 Å². The van der Waals surface area contributed by atoms with Gasteiger partial charge in [0.15, 0.2) is 10.3 Å². The van der Waals surface area contributed by atoms with Crippen molar-refractivity contribution < 1.29 is 31.8 Å². The SMILES string of the molecule is CCC(C)NS(=O)(=O)[O-].[Li+]. The van der Waals surface area contributed by atoms with Gasteiger partial charge in [-0.05, 0) is 13.3 Å². The first kappa shape index (κ1) is 13.1. The summed E-state index contributed by atoms with van der Waals surface area (Å²) in [6.07, 6.45) is 0.626. The summed E-state index contributed by atoms with van der Waals surface area (Å²) in [7, 11) is -4.24. The van der Waals surface area contributed by atoms with E-state index in [4.69, 9.17) is 0 Å². The van der Waals surface area contributed by atoms with Gasteiger partial charge in [-0.15, -0.1) is 0 Å². The Morgan fingerprint density at radius 2 is 2.00 bits per heavy atom. The van der Waals surface area contributed by atoms with Gasteiger partial charge in [0.05, 0.1) is 0 Å². The minimum absolute atomic E-state index is 0. The largest absolute Gasteiger partial charge is 1.00 e. The van der Waals surface area contributed by atoms with Crippen LogP contribution in [0.3, 0.4) is 0 Å². The van der Waals surface area contributed by atoms with Crippen LogP contribution in [0.25, 0.3) is 0 Å². The van der Waals surface area contributed by atoms with Crippen LogP contribution in [0.5, 0.6) is 0 Å². The van der Waals surface area contributed by atoms with Crippen molar-refractivity contribution >= 4 is 10.3 Å². The molecule has 0 rings (SSSR count). The van der Waals surface area contributed by atoms with Crippen molar-refractivity contribution in [1.29, 1.82) is 0 Å². The molecule has 56 valence electrons. The first-order chi connectivity index (χ1) is 3.95. The molecule has 0 aliphatic carbocycles. The summed E-state index contributed by atoms with van der Waals surface area (Å²) in [5, 5.41) is 0. The maximum Gasteiger partial charge on any atom is 1.00 e. The predicted molar refractivity (Wildman–Crippen MR) is 32.6 cm³/mol. The summed E-state index contributed by atoms with van der Waals surface area (Å²) in [6, 6.07) is -0.257. The number of hydrogen-bond donors (Lipinski definition) is 1. The standard InChI is InChI=1S/C4H11NO3S.Li/c1-3-4(2)5-9(6,7)8;/h4-5H,3H2,1-2H3,(H,6,7,8);/q;+1/p-1. The molecule has 1 unspecified atom stereocenters. The molecule has 0 aliphatic rings. The van der Waals surface area contributed by atoms with Crippen molar-refractivity contribution in [2.75, 3.05) is 0 Å². The molecule has 0 saturated carbocycles. The number of hydrogen-bond acceptors (Lipinski definition) is 3. The molecule has 0 aliphatic heterocycles. The van der Waals surface area contributed by atoms with E-state index in [9.17, 15) is 13.0 Å². The van der Waals surface area contributed by atoms with Gasteiger partial charge in [-0.25, -0.2) is 13.1 Å². The Labute approximate surface area is 73.4 Å². The Kier molecular flexibility index (Phi) is 6.75. The second-order valence-corrected chi connectivity index (χ2v) is 3.03. The molecule has 0 fully saturated rings. The van der Waals surface area contributed by atoms with Gasteiger partial charge in [-0.3, -0.25) is 0 Å². The first-order valence-electron chi connectivity index (χ1n) is 2.69. The van der Waals surface area contributed by atoms with Crippen LogP contribution >= 0.6 is 0 Å². The summed E-state index contributed by atoms with van der Waals surface area (Å²) in [5.41, 5.74) is 0. The van der Waals surface area contributed by atoms with E-state index < -0.39 is 10.3 Å². The summed E-state index contributed by atoms with van der Waals surface area (Å²) in [4.78, 5) is 0. The zero-order valence-corrected chi connectivity index (χ0v) is 7.23. The van der Waals surface area contributed by atoms with Gasteiger partial charge in [0.1, 0.15) is 0 Å². The molecule has 0 aromatic carbocycles. The molecule has 4 nitrogen and oxygen atoms in total. The predicted octanol–water partition coefficient (Wildman–Crippen LogP) is -3.16. The molecule has 0 aromatic heterocycles. The van der Waals surface area contributed by atoms with Crippen LogP contribution in [0.4, 0.5) is 0 Å². The van der Waals surface area contributed by atoms with Gasteiger partial charge in [0, 0.05) is 6.04 Å². The van der Waals surface area contributed by atoms with Gasteiger partial charge < -0.3 is 4.55 Å². The third-order valence-electron chi connectivity index (χ3n) is 0.958. The van der Waals surface area contributed by atoms with E-state index >= 15 is 0 Å². The molecular weight excluding hydrogens is 149 g/mol. The molecule has 1 atom stereocenters. The molecule has 0 saturated heterocycles. The average Bonchev–Trinajstić information content (AvgIpc) is 1.62. The maximum absolute atomic E-state index is 9.93. The van der Waals surface area contributed by atoms with Gasteiger partial charge in [-0.1, -0.05) is 6.92 Å². The smallest absolute Gasteiger partial charge is 0.735 e. The Hall–Kier alpha value is 0.467. The minimum Gasteiger partial charge on any atom is -0.735 e. The summed E-state index contributed by atoms with van der Waals surface area (Å²) in [5.74, 6) is 0. The average molecular weight is 159 g/mol. The van der Waals surface area contributed by atoms with Crippen LogP contribution in [0.2, 0.25) is 0 Å². The van der Waals surface area contributed by atoms with E-state index in [2.05, 4.69) is 0 Å². The molecule has 6 heteroatoms. The van der Waals surface area contributed by atoms with E-state index in [0.717, 1.165) is 0 Å². The summed E-state index contributed by atoms with van der Waals surface area (Å²) >= 11 is 0. The molecule has 10 heavy (non-hydrogen) atoms. The molecule has 0 bridgehead atoms. The molecule has 0 heterocycles. The van der Waals surface area contributed by atoms with Crippen LogP contribution in [0.15, 0.2) is 0 Å². The Morgan fingerprint density at radius 1 is 1.60 bits per heavy atom. The fourth-order valence-corrected chi connectivity index (χ4v) is 0.989. The monoisotopic (exact) mass is 159 g/mol. The maximum atomic E-state index is 9.93. The van der Waals surface area contributed by atoms with Gasteiger partial charge in [-0.2, -0.15) is 0 Å². The zero-order valence-electron chi connectivity index (χ0n) is 6.42. The van der Waals surface area contributed by atoms with Crippen LogP contribution in [0, 0.1) is 0 Å². The summed E-state index contributed by atoms with van der Waals surface area (Å²) < 4.78 is 31.7. The van der Waals surface area contributed by atoms with Gasteiger partial charge in [0.25, 0.3) is 0 Å². The van der Waals surface area contributed by atoms with Gasteiger partial charge in [0.2, 0.25) is 0 Å². The van der Waals surface area contributed by atoms with Crippen molar-refractivity contribution in [2.45, 2.75) is 26.3 Å². The minimum atomic E-state index is -4.24. The Bertz CT molecular complexity index is 167. The van der Waals surface area contributed by atoms with Crippen LogP contribution in [0.1, 0.15) is 20.3 Å². The molecule has 0 aromatic rings. The Balaban J connectivity index is 0. The van der Waals surface area contributed by atoms with E-state index in [1.807, 2.05) is 4.72 Å². The van der Waals surface area contributed by atoms with Crippen LogP contribution in [-0.2, 0) is 10.3 Å². The van der Waals surface area contributed by atoms with Crippen molar-refractivity contribution in [3.8, 4) is 0 Å². The zero-order chi connectivity index (χ0) is 7.49. The second kappa shape index (κ2) is 5.16. The summed E-state index contributed by atoms with van der Waals surface area (Å²) in [6.45, 7) is 3.43. The van der Waals surface area contributed by atoms with E-state index in [1.165, 1.54) is 0 Å². The third kappa shape index (κ3) is 8.47. The van der Waals surface area contributed by atoms with Crippen LogP contribution in [-0.4, -0.2) is 19.0 Å². The normalized spacial score (nSPS) is 13.9. The fraction of sp³-hybridized carbons (Fsp3) is 1.00. The number of rotatable bonds is 3. The molecule has 0 radical (unpaired) electrons. The molecule has 0 spiro atoms. The quantitative estimate of drug-likeness (QED) is 0.349. The third-order valence-corrected chi connectivity index (χ3v) is 1.65. The van der Waals surface area contributed by atoms with Crippen molar-refractivity contribution in [3.05, 3.63) is 0 Å². The first-order valence-corrected chi connectivity index (χ1v) is 4.09. The van der Waals surface area contributed by atoms with Crippen molar-refractivity contribution in [3.63, 3.8) is 0 Å². The van der Waals surface area contributed by atoms with E-state index in [0.29, 0.717) is 6.42 Å². The molecular formula is C4H10LiNO3S. The second-order valence-electron chi connectivity index (χ2n) is 1.88. The van der Waals surface area contributed by atoms with Crippen molar-refractivity contribution in [2.24, 2.45) is 0 Å². The van der Waals surface area contributed by atoms with E-state index in [-0.39, 0.29) is 24.9 Å². The Morgan fingerprint density at radius 3 is 2.10 bits per heavy atom. The van der Waals surface area contributed by atoms with E-state index in [1.54, 1.807) is 13.8 Å². The van der Waals surface area contributed by atoms with Gasteiger partial charge >= 0.3 is 18.9 Å². The number of nitrogens with one attached hydrogen (secondary N) is 1. The van der Waals surface area contributed by atoms with Crippen LogP contribution < -0.4 is 23.6 Å².